The highest BCUT2D eigenvalue weighted by Crippen LogP contribution is 2.67. The van der Waals surface area contributed by atoms with E-state index >= 15 is 0 Å². The van der Waals surface area contributed by atoms with Crippen molar-refractivity contribution in [3.05, 3.63) is 22.4 Å². The van der Waals surface area contributed by atoms with Gasteiger partial charge in [-0.25, -0.2) is 0 Å². The fourth-order valence-electron chi connectivity index (χ4n) is 8.80. The molecule has 5 heteroatoms. The van der Waals surface area contributed by atoms with Gasteiger partial charge >= 0.3 is 0 Å². The Hall–Kier alpha value is -1.49. The van der Waals surface area contributed by atoms with Crippen LogP contribution in [0.4, 0.5) is 0 Å². The van der Waals surface area contributed by atoms with Crippen molar-refractivity contribution >= 4 is 28.8 Å². The van der Waals surface area contributed by atoms with Crippen LogP contribution in [0, 0.1) is 46.3 Å². The predicted octanol–water partition coefficient (Wildman–Crippen LogP) is 5.80. The van der Waals surface area contributed by atoms with E-state index in [2.05, 4.69) is 32.2 Å². The molecule has 1 aromatic rings. The van der Waals surface area contributed by atoms with Crippen molar-refractivity contribution in [1.82, 2.24) is 5.32 Å². The van der Waals surface area contributed by atoms with Gasteiger partial charge < -0.3 is 5.32 Å². The molecule has 0 aliphatic heterocycles. The van der Waals surface area contributed by atoms with Crippen molar-refractivity contribution in [3.63, 3.8) is 0 Å². The van der Waals surface area contributed by atoms with Crippen LogP contribution < -0.4 is 5.32 Å². The van der Waals surface area contributed by atoms with Gasteiger partial charge in [0, 0.05) is 36.5 Å². The maximum atomic E-state index is 13.5. The van der Waals surface area contributed by atoms with Gasteiger partial charge in [-0.2, -0.15) is 0 Å². The molecule has 4 saturated carbocycles. The Bertz CT molecular complexity index is 926. The van der Waals surface area contributed by atoms with E-state index in [1.54, 1.807) is 11.3 Å². The molecule has 1 heterocycles. The Morgan fingerprint density at radius 1 is 1.12 bits per heavy atom. The third-order valence-corrected chi connectivity index (χ3v) is 11.5. The normalized spacial score (nSPS) is 41.1. The third kappa shape index (κ3) is 3.92. The molecule has 4 nitrogen and oxygen atoms in total. The average molecular weight is 470 g/mol. The summed E-state index contributed by atoms with van der Waals surface area (Å²) in [5, 5.41) is 5.15. The van der Waals surface area contributed by atoms with E-state index in [1.807, 2.05) is 11.4 Å². The smallest absolute Gasteiger partial charge is 0.220 e. The second-order valence-corrected chi connectivity index (χ2v) is 13.2. The van der Waals surface area contributed by atoms with E-state index in [9.17, 15) is 14.4 Å². The van der Waals surface area contributed by atoms with Gasteiger partial charge in [0.25, 0.3) is 0 Å². The van der Waals surface area contributed by atoms with E-state index in [1.165, 1.54) is 4.88 Å². The number of nitrogens with one attached hydrogen (secondary N) is 1. The summed E-state index contributed by atoms with van der Waals surface area (Å²) in [5.74, 6) is 3.09. The zero-order chi connectivity index (χ0) is 23.4. The first kappa shape index (κ1) is 23.3. The van der Waals surface area contributed by atoms with Crippen LogP contribution in [0.2, 0.25) is 0 Å². The minimum absolute atomic E-state index is 0.146. The van der Waals surface area contributed by atoms with Gasteiger partial charge in [0.2, 0.25) is 5.91 Å². The fourth-order valence-corrected chi connectivity index (χ4v) is 9.45. The highest BCUT2D eigenvalue weighted by atomic mass is 32.1. The lowest BCUT2D eigenvalue weighted by molar-refractivity contribution is -0.159. The zero-order valence-electron chi connectivity index (χ0n) is 20.4. The van der Waals surface area contributed by atoms with Gasteiger partial charge in [0.1, 0.15) is 11.6 Å². The fraction of sp³-hybridized carbons (Fsp3) is 0.750. The first-order chi connectivity index (χ1) is 15.7. The maximum Gasteiger partial charge on any atom is 0.220 e. The predicted molar refractivity (Wildman–Crippen MR) is 131 cm³/mol. The molecule has 0 bridgehead atoms. The van der Waals surface area contributed by atoms with Crippen LogP contribution in [0.5, 0.6) is 0 Å². The number of carbonyl (C=O) groups is 3. The molecular formula is C28H39NO3S. The lowest BCUT2D eigenvalue weighted by Crippen LogP contribution is -2.57. The van der Waals surface area contributed by atoms with E-state index in [0.717, 1.165) is 32.1 Å². The second kappa shape index (κ2) is 8.62. The summed E-state index contributed by atoms with van der Waals surface area (Å²) in [5.41, 5.74) is 0.303. The topological polar surface area (TPSA) is 63.2 Å². The van der Waals surface area contributed by atoms with Crippen LogP contribution in [0.25, 0.3) is 0 Å². The zero-order valence-corrected chi connectivity index (χ0v) is 21.2. The minimum atomic E-state index is 0.146. The van der Waals surface area contributed by atoms with Crippen LogP contribution >= 0.6 is 11.3 Å². The highest BCUT2D eigenvalue weighted by molar-refractivity contribution is 7.09. The molecule has 5 unspecified atom stereocenters. The molecule has 5 rings (SSSR count). The number of amides is 1. The Balaban J connectivity index is 1.28. The van der Waals surface area contributed by atoms with Gasteiger partial charge in [-0.05, 0) is 84.0 Å². The molecule has 1 aromatic heterocycles. The quantitative estimate of drug-likeness (QED) is 0.593. The van der Waals surface area contributed by atoms with E-state index in [0.29, 0.717) is 67.5 Å². The molecule has 180 valence electrons. The Morgan fingerprint density at radius 2 is 1.91 bits per heavy atom. The van der Waals surface area contributed by atoms with Crippen molar-refractivity contribution in [2.75, 3.05) is 0 Å². The lowest BCUT2D eigenvalue weighted by atomic mass is 9.44. The second-order valence-electron chi connectivity index (χ2n) is 12.1. The van der Waals surface area contributed by atoms with Crippen LogP contribution in [-0.2, 0) is 20.9 Å². The molecule has 1 amide bonds. The summed E-state index contributed by atoms with van der Waals surface area (Å²) in [6.45, 7) is 7.69. The number of rotatable bonds is 5. The van der Waals surface area contributed by atoms with Gasteiger partial charge in [-0.15, -0.1) is 11.3 Å². The SMILES string of the molecule is C[C@H](CC(=O)NCc1cccs1)C1CC[C@H]2C3C(=O)CC4CC(=O)CCC4(C)[C@H]3CCC12C. The van der Waals surface area contributed by atoms with E-state index in [-0.39, 0.29) is 28.6 Å². The van der Waals surface area contributed by atoms with Crippen LogP contribution in [0.1, 0.15) is 83.4 Å². The van der Waals surface area contributed by atoms with Crippen LogP contribution in [0.15, 0.2) is 17.5 Å². The molecular weight excluding hydrogens is 430 g/mol. The Morgan fingerprint density at radius 3 is 2.67 bits per heavy atom. The van der Waals surface area contributed by atoms with Gasteiger partial charge in [-0.3, -0.25) is 14.4 Å². The van der Waals surface area contributed by atoms with Crippen molar-refractivity contribution in [2.24, 2.45) is 46.3 Å². The average Bonchev–Trinajstić information content (AvgIpc) is 3.41. The molecule has 4 aliphatic rings. The summed E-state index contributed by atoms with van der Waals surface area (Å²) in [4.78, 5) is 39.5. The molecule has 0 aromatic carbocycles. The highest BCUT2D eigenvalue weighted by Gasteiger charge is 2.63. The standard InChI is InChI=1S/C28H39NO3S/c1-17(13-25(32)29-16-20-5-4-12-33-20)21-6-7-22-26-23(9-11-28(21,22)3)27(2)10-8-19(30)14-18(27)15-24(26)31/h4-5,12,17-18,21-23,26H,6-11,13-16H2,1-3H3,(H,29,32)/t17-,18?,21?,22+,23+,26?,27?,28?/m1/s1. The summed E-state index contributed by atoms with van der Waals surface area (Å²) in [6.07, 6.45) is 8.00. The molecule has 0 radical (unpaired) electrons. The Labute approximate surface area is 202 Å². The molecule has 4 fully saturated rings. The van der Waals surface area contributed by atoms with Gasteiger partial charge in [0.05, 0.1) is 6.54 Å². The maximum absolute atomic E-state index is 13.5. The molecule has 0 spiro atoms. The van der Waals surface area contributed by atoms with Gasteiger partial charge in [0.15, 0.2) is 0 Å². The molecule has 33 heavy (non-hydrogen) atoms. The summed E-state index contributed by atoms with van der Waals surface area (Å²) in [7, 11) is 0. The van der Waals surface area contributed by atoms with Crippen molar-refractivity contribution in [2.45, 2.75) is 85.1 Å². The monoisotopic (exact) mass is 469 g/mol. The van der Waals surface area contributed by atoms with Crippen molar-refractivity contribution in [3.8, 4) is 0 Å². The summed E-state index contributed by atoms with van der Waals surface area (Å²) in [6, 6.07) is 4.08. The number of Topliss-reactive ketones (excluding diaryl/α,β-unsaturated/α-hetero) is 2. The van der Waals surface area contributed by atoms with Crippen molar-refractivity contribution in [1.29, 1.82) is 0 Å². The molecule has 0 saturated heterocycles. The number of thiophene rings is 1. The number of ketones is 2. The lowest BCUT2D eigenvalue weighted by Gasteiger charge is -2.59. The number of fused-ring (bicyclic) bond motifs is 5. The van der Waals surface area contributed by atoms with Crippen molar-refractivity contribution < 1.29 is 14.4 Å². The third-order valence-electron chi connectivity index (χ3n) is 10.6. The molecule has 1 N–H and O–H groups in total. The molecule has 4 aliphatic carbocycles. The molecule has 8 atom stereocenters. The largest absolute Gasteiger partial charge is 0.351 e. The van der Waals surface area contributed by atoms with Gasteiger partial charge in [-0.1, -0.05) is 26.8 Å². The summed E-state index contributed by atoms with van der Waals surface area (Å²) >= 11 is 1.68. The van der Waals surface area contributed by atoms with Crippen LogP contribution in [-0.4, -0.2) is 17.5 Å². The Kier molecular flexibility index (Phi) is 6.08. The number of hydrogen-bond donors (Lipinski definition) is 1. The minimum Gasteiger partial charge on any atom is -0.351 e. The first-order valence-corrected chi connectivity index (χ1v) is 13.9. The number of hydrogen-bond acceptors (Lipinski definition) is 4. The summed E-state index contributed by atoms with van der Waals surface area (Å²) < 4.78 is 0. The van der Waals surface area contributed by atoms with E-state index < -0.39 is 0 Å². The van der Waals surface area contributed by atoms with E-state index in [4.69, 9.17) is 0 Å². The number of carbonyl (C=O) groups excluding carboxylic acids is 3. The first-order valence-electron chi connectivity index (χ1n) is 13.1. The van der Waals surface area contributed by atoms with Crippen LogP contribution in [0.3, 0.4) is 0 Å².